The average Bonchev–Trinajstić information content (AvgIpc) is 3.83. The number of hydrogen-bond acceptors (Lipinski definition) is 1. The minimum absolute atomic E-state index is 1.19. The topological polar surface area (TPSA) is 9.86 Å². The lowest BCUT2D eigenvalue weighted by Gasteiger charge is -2.13. The molecular formula is C48H26N2S. The zero-order valence-electron chi connectivity index (χ0n) is 27.3. The van der Waals surface area contributed by atoms with Gasteiger partial charge in [0.25, 0.3) is 0 Å². The van der Waals surface area contributed by atoms with Crippen molar-refractivity contribution in [2.24, 2.45) is 0 Å². The van der Waals surface area contributed by atoms with Gasteiger partial charge in [-0.15, -0.1) is 11.3 Å². The van der Waals surface area contributed by atoms with Crippen LogP contribution in [-0.2, 0) is 0 Å². The Morgan fingerprint density at radius 1 is 0.353 bits per heavy atom. The zero-order chi connectivity index (χ0) is 32.9. The standard InChI is InChI=1S/C48H26N2S/c1-2-11-28(12-3-1)50-39-19-9-17-33-32-16-8-18-38-42(32)45-40(24-23-34-31-14-6-7-15-35(31)47(50)46(43(33)39)44(34)45)49(38)29-21-25-41-37(26-29)36-22-20-27-10-4-5-13-30(27)48(36)51-41/h1-26H. The van der Waals surface area contributed by atoms with Gasteiger partial charge < -0.3 is 9.13 Å². The van der Waals surface area contributed by atoms with Crippen molar-refractivity contribution in [2.75, 3.05) is 0 Å². The van der Waals surface area contributed by atoms with E-state index in [4.69, 9.17) is 0 Å². The van der Waals surface area contributed by atoms with Gasteiger partial charge in [-0.25, -0.2) is 0 Å². The van der Waals surface area contributed by atoms with E-state index in [1.807, 2.05) is 11.3 Å². The van der Waals surface area contributed by atoms with Crippen molar-refractivity contribution >= 4 is 107 Å². The van der Waals surface area contributed by atoms with Crippen molar-refractivity contribution in [3.05, 3.63) is 158 Å². The maximum Gasteiger partial charge on any atom is 0.0626 e. The summed E-state index contributed by atoms with van der Waals surface area (Å²) in [5.41, 5.74) is 10.0. The van der Waals surface area contributed by atoms with Gasteiger partial charge in [0.2, 0.25) is 0 Å². The normalized spacial score (nSPS) is 12.7. The molecule has 12 aromatic rings. The van der Waals surface area contributed by atoms with Gasteiger partial charge >= 0.3 is 0 Å². The summed E-state index contributed by atoms with van der Waals surface area (Å²) in [6, 6.07) is 59.0. The van der Waals surface area contributed by atoms with Crippen LogP contribution in [0.15, 0.2) is 158 Å². The molecule has 0 atom stereocenters. The molecule has 2 nitrogen and oxygen atoms in total. The second-order valence-corrected chi connectivity index (χ2v) is 15.1. The fourth-order valence-corrected chi connectivity index (χ4v) is 10.8. The second-order valence-electron chi connectivity index (χ2n) is 14.0. The van der Waals surface area contributed by atoms with Crippen LogP contribution in [0.4, 0.5) is 0 Å². The highest BCUT2D eigenvalue weighted by Gasteiger charge is 2.28. The van der Waals surface area contributed by atoms with Gasteiger partial charge in [-0.3, -0.25) is 0 Å². The molecule has 0 radical (unpaired) electrons. The Bertz CT molecular complexity index is 3520. The highest BCUT2D eigenvalue weighted by molar-refractivity contribution is 7.26. The van der Waals surface area contributed by atoms with E-state index >= 15 is 0 Å². The molecule has 3 heteroatoms. The molecule has 3 heterocycles. The molecule has 0 N–H and O–H groups in total. The van der Waals surface area contributed by atoms with Crippen molar-refractivity contribution in [1.82, 2.24) is 9.13 Å². The van der Waals surface area contributed by atoms with Crippen molar-refractivity contribution in [2.45, 2.75) is 0 Å². The van der Waals surface area contributed by atoms with Crippen LogP contribution < -0.4 is 0 Å². The van der Waals surface area contributed by atoms with Crippen LogP contribution in [0.2, 0.25) is 0 Å². The van der Waals surface area contributed by atoms with Crippen LogP contribution in [-0.4, -0.2) is 9.13 Å². The molecule has 0 fully saturated rings. The molecule has 0 saturated carbocycles. The fourth-order valence-electron chi connectivity index (χ4n) is 9.60. The van der Waals surface area contributed by atoms with Crippen LogP contribution in [0.5, 0.6) is 0 Å². The molecule has 0 spiro atoms. The Morgan fingerprint density at radius 3 is 1.88 bits per heavy atom. The van der Waals surface area contributed by atoms with Gasteiger partial charge in [-0.1, -0.05) is 109 Å². The van der Waals surface area contributed by atoms with Crippen LogP contribution in [0.3, 0.4) is 0 Å². The first-order valence-electron chi connectivity index (χ1n) is 17.6. The lowest BCUT2D eigenvalue weighted by Crippen LogP contribution is -1.95. The quantitative estimate of drug-likeness (QED) is 0.163. The smallest absolute Gasteiger partial charge is 0.0626 e. The van der Waals surface area contributed by atoms with Gasteiger partial charge in [-0.2, -0.15) is 0 Å². The van der Waals surface area contributed by atoms with E-state index in [0.717, 1.165) is 0 Å². The summed E-state index contributed by atoms with van der Waals surface area (Å²) >= 11 is 1.90. The summed E-state index contributed by atoms with van der Waals surface area (Å²) in [4.78, 5) is 0. The Labute approximate surface area is 295 Å². The summed E-state index contributed by atoms with van der Waals surface area (Å²) in [7, 11) is 0. The molecule has 0 amide bonds. The molecule has 0 unspecified atom stereocenters. The first-order chi connectivity index (χ1) is 25.3. The third kappa shape index (κ3) is 3.15. The molecule has 0 saturated heterocycles. The molecule has 1 aliphatic rings. The molecule has 0 bridgehead atoms. The van der Waals surface area contributed by atoms with Crippen LogP contribution in [0, 0.1) is 0 Å². The second kappa shape index (κ2) is 9.22. The molecule has 0 aliphatic heterocycles. The van der Waals surface area contributed by atoms with E-state index in [0.29, 0.717) is 0 Å². The highest BCUT2D eigenvalue weighted by Crippen LogP contribution is 2.53. The number of fused-ring (bicyclic) bond motifs is 9. The molecule has 13 rings (SSSR count). The Hall–Kier alpha value is -6.42. The fraction of sp³-hybridized carbons (Fsp3) is 0. The minimum Gasteiger partial charge on any atom is -0.309 e. The number of thiophene rings is 1. The third-order valence-corrected chi connectivity index (χ3v) is 12.8. The Balaban J connectivity index is 1.24. The monoisotopic (exact) mass is 662 g/mol. The minimum atomic E-state index is 1.19. The van der Waals surface area contributed by atoms with E-state index in [9.17, 15) is 0 Å². The first-order valence-corrected chi connectivity index (χ1v) is 18.4. The maximum atomic E-state index is 2.53. The molecule has 234 valence electrons. The van der Waals surface area contributed by atoms with Gasteiger partial charge in [0, 0.05) is 63.9 Å². The average molecular weight is 663 g/mol. The number of hydrogen-bond donors (Lipinski definition) is 0. The summed E-state index contributed by atoms with van der Waals surface area (Å²) in [6.07, 6.45) is 0. The summed E-state index contributed by atoms with van der Waals surface area (Å²) in [5.74, 6) is 0. The number of rotatable bonds is 2. The van der Waals surface area contributed by atoms with E-state index in [2.05, 4.69) is 167 Å². The lowest BCUT2D eigenvalue weighted by molar-refractivity contribution is 1.19. The predicted octanol–water partition coefficient (Wildman–Crippen LogP) is 13.7. The van der Waals surface area contributed by atoms with E-state index in [-0.39, 0.29) is 0 Å². The SMILES string of the molecule is c1ccc(-n2c3cccc4c3c3c5c(ccc6c5c5c-4cccc5n6-c4ccc5sc6c7ccccc7ccc6c5c4)c4ccccc4c32)cc1. The maximum absolute atomic E-state index is 2.53. The number of aromatic nitrogens is 2. The van der Waals surface area contributed by atoms with Crippen LogP contribution >= 0.6 is 11.3 Å². The summed E-state index contributed by atoms with van der Waals surface area (Å²) in [5, 5.41) is 15.9. The largest absolute Gasteiger partial charge is 0.309 e. The van der Waals surface area contributed by atoms with Crippen molar-refractivity contribution in [3.8, 4) is 22.5 Å². The summed E-state index contributed by atoms with van der Waals surface area (Å²) < 4.78 is 7.72. The van der Waals surface area contributed by atoms with Crippen LogP contribution in [0.25, 0.3) is 119 Å². The molecular weight excluding hydrogens is 637 g/mol. The van der Waals surface area contributed by atoms with Gasteiger partial charge in [0.05, 0.1) is 22.1 Å². The Morgan fingerprint density at radius 2 is 1.04 bits per heavy atom. The molecule has 9 aromatic carbocycles. The van der Waals surface area contributed by atoms with Gasteiger partial charge in [-0.05, 0) is 81.2 Å². The van der Waals surface area contributed by atoms with Crippen LogP contribution in [0.1, 0.15) is 0 Å². The summed E-state index contributed by atoms with van der Waals surface area (Å²) in [6.45, 7) is 0. The van der Waals surface area contributed by atoms with Crippen molar-refractivity contribution in [1.29, 1.82) is 0 Å². The van der Waals surface area contributed by atoms with Crippen molar-refractivity contribution < 1.29 is 0 Å². The number of nitrogens with zero attached hydrogens (tertiary/aromatic N) is 2. The first kappa shape index (κ1) is 26.4. The molecule has 3 aromatic heterocycles. The van der Waals surface area contributed by atoms with Gasteiger partial charge in [0.1, 0.15) is 0 Å². The predicted molar refractivity (Wildman–Crippen MR) is 220 cm³/mol. The molecule has 51 heavy (non-hydrogen) atoms. The van der Waals surface area contributed by atoms with E-state index in [1.54, 1.807) is 0 Å². The lowest BCUT2D eigenvalue weighted by atomic mass is 9.94. The van der Waals surface area contributed by atoms with E-state index < -0.39 is 0 Å². The molecule has 1 aliphatic carbocycles. The van der Waals surface area contributed by atoms with E-state index in [1.165, 1.54) is 119 Å². The number of benzene rings is 9. The number of para-hydroxylation sites is 1. The Kier molecular flexibility index (Phi) is 4.78. The zero-order valence-corrected chi connectivity index (χ0v) is 28.1. The highest BCUT2D eigenvalue weighted by atomic mass is 32.1. The third-order valence-electron chi connectivity index (χ3n) is 11.6. The van der Waals surface area contributed by atoms with Gasteiger partial charge in [0.15, 0.2) is 0 Å². The van der Waals surface area contributed by atoms with Crippen molar-refractivity contribution in [3.63, 3.8) is 0 Å².